The molecule has 5 N–H and O–H groups in total. The van der Waals surface area contributed by atoms with E-state index >= 15 is 0 Å². The highest BCUT2D eigenvalue weighted by atomic mass is 19.1. The van der Waals surface area contributed by atoms with Crippen LogP contribution >= 0.6 is 0 Å². The Kier molecular flexibility index (Phi) is 8.17. The van der Waals surface area contributed by atoms with Gasteiger partial charge in [0.2, 0.25) is 5.91 Å². The van der Waals surface area contributed by atoms with E-state index in [0.717, 1.165) is 5.56 Å². The summed E-state index contributed by atoms with van der Waals surface area (Å²) in [5, 5.41) is 16.1. The van der Waals surface area contributed by atoms with Gasteiger partial charge >= 0.3 is 0 Å². The Hall–Kier alpha value is -3.69. The summed E-state index contributed by atoms with van der Waals surface area (Å²) in [5.41, 5.74) is 9.17. The fraction of sp³-hybridized carbons (Fsp3) is 0.250. The van der Waals surface area contributed by atoms with E-state index < -0.39 is 5.82 Å². The number of rotatable bonds is 10. The number of hydrogen-bond donors (Lipinski definition) is 4. The predicted octanol–water partition coefficient (Wildman–Crippen LogP) is 3.72. The molecule has 0 radical (unpaired) electrons. The van der Waals surface area contributed by atoms with Gasteiger partial charge in [-0.05, 0) is 42.0 Å². The van der Waals surface area contributed by atoms with Crippen molar-refractivity contribution in [3.8, 4) is 17.0 Å². The first-order valence-electron chi connectivity index (χ1n) is 10.3. The van der Waals surface area contributed by atoms with Crippen molar-refractivity contribution in [2.75, 3.05) is 31.9 Å². The normalized spacial score (nSPS) is 10.8. The Morgan fingerprint density at radius 1 is 1.12 bits per heavy atom. The van der Waals surface area contributed by atoms with Gasteiger partial charge in [0.15, 0.2) is 0 Å². The van der Waals surface area contributed by atoms with E-state index in [-0.39, 0.29) is 30.4 Å². The monoisotopic (exact) mass is 454 g/mol. The number of carbonyl (C=O) groups excluding carboxylic acids is 1. The molecule has 1 amide bonds. The van der Waals surface area contributed by atoms with Crippen LogP contribution in [-0.4, -0.2) is 36.8 Å². The smallest absolute Gasteiger partial charge is 0.222 e. The van der Waals surface area contributed by atoms with Crippen LogP contribution in [0.25, 0.3) is 11.3 Å². The second-order valence-electron chi connectivity index (χ2n) is 7.36. The number of ether oxygens (including phenoxy) is 2. The third-order valence-electron chi connectivity index (χ3n) is 4.92. The molecule has 8 nitrogen and oxygen atoms in total. The fourth-order valence-corrected chi connectivity index (χ4v) is 3.17. The highest BCUT2D eigenvalue weighted by molar-refractivity contribution is 5.77. The van der Waals surface area contributed by atoms with E-state index in [9.17, 15) is 14.3 Å². The van der Waals surface area contributed by atoms with Crippen LogP contribution in [0, 0.1) is 5.82 Å². The molecule has 1 heterocycles. The second kappa shape index (κ2) is 11.3. The average Bonchev–Trinajstić information content (AvgIpc) is 2.80. The molecule has 2 aromatic carbocycles. The van der Waals surface area contributed by atoms with E-state index in [4.69, 9.17) is 15.2 Å². The molecule has 174 valence electrons. The summed E-state index contributed by atoms with van der Waals surface area (Å²) in [6, 6.07) is 13.0. The van der Waals surface area contributed by atoms with Gasteiger partial charge in [0.25, 0.3) is 0 Å². The zero-order chi connectivity index (χ0) is 23.8. The maximum Gasteiger partial charge on any atom is 0.222 e. The molecule has 0 aliphatic rings. The second-order valence-corrected chi connectivity index (χ2v) is 7.36. The third kappa shape index (κ3) is 6.41. The molecule has 0 aliphatic carbocycles. The van der Waals surface area contributed by atoms with Crippen LogP contribution in [0.5, 0.6) is 5.75 Å². The number of benzene rings is 2. The summed E-state index contributed by atoms with van der Waals surface area (Å²) < 4.78 is 24.3. The van der Waals surface area contributed by atoms with Gasteiger partial charge in [-0.2, -0.15) is 0 Å². The minimum Gasteiger partial charge on any atom is -0.507 e. The molecular weight excluding hydrogens is 427 g/mol. The van der Waals surface area contributed by atoms with Crippen molar-refractivity contribution in [3.63, 3.8) is 0 Å². The number of halogens is 1. The standard InChI is InChI=1S/C24H27FN4O4/c1-32-10-9-23(31)27-13-16-4-7-20(29-24(16)26)18-12-17(5-8-22(18)30)28-21-6-3-15(14-33-2)11-19(21)25/h3-8,11-12,28,30H,9-10,13-14H2,1-2H3,(H2,26,29)(H,27,31). The number of nitrogen functional groups attached to an aromatic ring is 1. The van der Waals surface area contributed by atoms with Gasteiger partial charge in [-0.1, -0.05) is 12.1 Å². The predicted molar refractivity (Wildman–Crippen MR) is 124 cm³/mol. The number of anilines is 3. The molecule has 9 heteroatoms. The van der Waals surface area contributed by atoms with Crippen LogP contribution in [-0.2, 0) is 27.4 Å². The molecule has 3 aromatic rings. The van der Waals surface area contributed by atoms with Crippen molar-refractivity contribution in [2.24, 2.45) is 0 Å². The van der Waals surface area contributed by atoms with E-state index in [0.29, 0.717) is 41.4 Å². The molecule has 1 aromatic heterocycles. The molecule has 0 saturated carbocycles. The molecule has 33 heavy (non-hydrogen) atoms. The van der Waals surface area contributed by atoms with E-state index in [1.807, 2.05) is 0 Å². The van der Waals surface area contributed by atoms with E-state index in [1.165, 1.54) is 19.2 Å². The molecule has 0 bridgehead atoms. The average molecular weight is 455 g/mol. The summed E-state index contributed by atoms with van der Waals surface area (Å²) in [7, 11) is 3.08. The largest absolute Gasteiger partial charge is 0.507 e. The van der Waals surface area contributed by atoms with Crippen molar-refractivity contribution in [1.29, 1.82) is 0 Å². The summed E-state index contributed by atoms with van der Waals surface area (Å²) in [5.74, 6) is -0.335. The zero-order valence-electron chi connectivity index (χ0n) is 18.5. The Morgan fingerprint density at radius 3 is 2.64 bits per heavy atom. The summed E-state index contributed by atoms with van der Waals surface area (Å²) in [4.78, 5) is 16.1. The van der Waals surface area contributed by atoms with Crippen molar-refractivity contribution in [3.05, 3.63) is 65.5 Å². The number of phenolic OH excluding ortho intramolecular Hbond substituents is 1. The highest BCUT2D eigenvalue weighted by Gasteiger charge is 2.12. The lowest BCUT2D eigenvalue weighted by atomic mass is 10.1. The number of nitrogens with one attached hydrogen (secondary N) is 2. The first kappa shape index (κ1) is 24.0. The van der Waals surface area contributed by atoms with E-state index in [1.54, 1.807) is 43.5 Å². The third-order valence-corrected chi connectivity index (χ3v) is 4.92. The molecule has 0 unspecified atom stereocenters. The SMILES string of the molecule is COCCC(=O)NCc1ccc(-c2cc(Nc3ccc(COC)cc3F)ccc2O)nc1N. The van der Waals surface area contributed by atoms with Gasteiger partial charge in [-0.15, -0.1) is 0 Å². The first-order chi connectivity index (χ1) is 15.9. The molecule has 0 aliphatic heterocycles. The van der Waals surface area contributed by atoms with Crippen molar-refractivity contribution in [2.45, 2.75) is 19.6 Å². The number of amides is 1. The van der Waals surface area contributed by atoms with Crippen LogP contribution in [0.15, 0.2) is 48.5 Å². The lowest BCUT2D eigenvalue weighted by molar-refractivity contribution is -0.122. The van der Waals surface area contributed by atoms with Gasteiger partial charge in [-0.25, -0.2) is 9.37 Å². The van der Waals surface area contributed by atoms with Crippen LogP contribution < -0.4 is 16.4 Å². The topological polar surface area (TPSA) is 119 Å². The van der Waals surface area contributed by atoms with Crippen molar-refractivity contribution in [1.82, 2.24) is 10.3 Å². The van der Waals surface area contributed by atoms with Crippen LogP contribution in [0.2, 0.25) is 0 Å². The number of pyridine rings is 1. The van der Waals surface area contributed by atoms with Gasteiger partial charge < -0.3 is 30.9 Å². The number of aromatic hydroxyl groups is 1. The first-order valence-corrected chi connectivity index (χ1v) is 10.3. The maximum absolute atomic E-state index is 14.4. The van der Waals surface area contributed by atoms with Crippen LogP contribution in [0.1, 0.15) is 17.5 Å². The van der Waals surface area contributed by atoms with Crippen molar-refractivity contribution >= 4 is 23.1 Å². The van der Waals surface area contributed by atoms with Gasteiger partial charge in [0.1, 0.15) is 17.4 Å². The number of nitrogens with zero attached hydrogens (tertiary/aromatic N) is 1. The zero-order valence-corrected chi connectivity index (χ0v) is 18.5. The molecular formula is C24H27FN4O4. The Balaban J connectivity index is 1.76. The lowest BCUT2D eigenvalue weighted by Gasteiger charge is -2.13. The number of phenols is 1. The van der Waals surface area contributed by atoms with E-state index in [2.05, 4.69) is 15.6 Å². The Morgan fingerprint density at radius 2 is 1.94 bits per heavy atom. The summed E-state index contributed by atoms with van der Waals surface area (Å²) in [6.45, 7) is 0.886. The molecule has 0 saturated heterocycles. The van der Waals surface area contributed by atoms with Crippen LogP contribution in [0.3, 0.4) is 0 Å². The van der Waals surface area contributed by atoms with Crippen molar-refractivity contribution < 1.29 is 23.8 Å². The number of aromatic nitrogens is 1. The minimum atomic E-state index is -0.418. The Labute approximate surface area is 191 Å². The number of carbonyl (C=O) groups is 1. The maximum atomic E-state index is 14.4. The number of methoxy groups -OCH3 is 2. The van der Waals surface area contributed by atoms with Gasteiger partial charge in [-0.3, -0.25) is 4.79 Å². The van der Waals surface area contributed by atoms with Crippen LogP contribution in [0.4, 0.5) is 21.6 Å². The molecule has 0 fully saturated rings. The molecule has 0 atom stereocenters. The quantitative estimate of drug-likeness (QED) is 0.345. The highest BCUT2D eigenvalue weighted by Crippen LogP contribution is 2.33. The van der Waals surface area contributed by atoms with Gasteiger partial charge in [0.05, 0.1) is 24.6 Å². The molecule has 0 spiro atoms. The Bertz CT molecular complexity index is 1120. The summed E-state index contributed by atoms with van der Waals surface area (Å²) in [6.07, 6.45) is 0.255. The minimum absolute atomic E-state index is 0.00369. The molecule has 3 rings (SSSR count). The number of hydrogen-bond acceptors (Lipinski definition) is 7. The fourth-order valence-electron chi connectivity index (χ4n) is 3.17. The van der Waals surface area contributed by atoms with Gasteiger partial charge in [0, 0.05) is 44.0 Å². The number of nitrogens with two attached hydrogens (primary N) is 1. The summed E-state index contributed by atoms with van der Waals surface area (Å²) >= 11 is 0. The lowest BCUT2D eigenvalue weighted by Crippen LogP contribution is -2.24.